The Morgan fingerprint density at radius 3 is 3.19 bits per heavy atom. The van der Waals surface area contributed by atoms with E-state index in [0.29, 0.717) is 16.6 Å². The zero-order valence-corrected chi connectivity index (χ0v) is 9.87. The summed E-state index contributed by atoms with van der Waals surface area (Å²) in [5.74, 6) is -1.33. The second kappa shape index (κ2) is 4.37. The molecule has 0 bridgehead atoms. The Bertz CT molecular complexity index is 417. The third-order valence-electron chi connectivity index (χ3n) is 2.66. The normalized spacial score (nSPS) is 28.2. The third-order valence-corrected chi connectivity index (χ3v) is 3.36. The second-order valence-corrected chi connectivity index (χ2v) is 4.59. The summed E-state index contributed by atoms with van der Waals surface area (Å²) in [4.78, 5) is 10.6. The Labute approximate surface area is 100 Å². The fourth-order valence-corrected chi connectivity index (χ4v) is 2.18. The number of rotatable bonds is 2. The van der Waals surface area contributed by atoms with Gasteiger partial charge in [0, 0.05) is 10.4 Å². The van der Waals surface area contributed by atoms with Gasteiger partial charge in [0.25, 0.3) is 0 Å². The molecule has 0 radical (unpaired) electrons. The number of nitrogens with zero attached hydrogens (tertiary/aromatic N) is 1. The third kappa shape index (κ3) is 2.16. The molecule has 0 fully saturated rings. The van der Waals surface area contributed by atoms with Gasteiger partial charge in [0.1, 0.15) is 5.83 Å². The fourth-order valence-electron chi connectivity index (χ4n) is 1.86. The summed E-state index contributed by atoms with van der Waals surface area (Å²) in [7, 11) is 0. The molecule has 1 aliphatic carbocycles. The molecule has 0 saturated heterocycles. The summed E-state index contributed by atoms with van der Waals surface area (Å²) < 4.78 is 13.8. The summed E-state index contributed by atoms with van der Waals surface area (Å²) in [6.45, 7) is 0. The summed E-state index contributed by atoms with van der Waals surface area (Å²) in [5, 5.41) is 12.7. The predicted molar refractivity (Wildman–Crippen MR) is 60.9 cm³/mol. The minimum Gasteiger partial charge on any atom is -0.481 e. The fraction of sp³-hybridized carbons (Fsp3) is 0.400. The lowest BCUT2D eigenvalue weighted by Gasteiger charge is -2.13. The highest BCUT2D eigenvalue weighted by Crippen LogP contribution is 2.30. The highest BCUT2D eigenvalue weighted by Gasteiger charge is 2.32. The van der Waals surface area contributed by atoms with Crippen LogP contribution in [0.25, 0.3) is 0 Å². The zero-order valence-electron chi connectivity index (χ0n) is 8.28. The Morgan fingerprint density at radius 2 is 2.50 bits per heavy atom. The molecule has 1 heterocycles. The number of nitrogens with one attached hydrogen (secondary N) is 1. The molecule has 0 spiro atoms. The number of carboxylic acids is 1. The Balaban J connectivity index is 2.19. The molecule has 0 aromatic rings. The van der Waals surface area contributed by atoms with E-state index in [2.05, 4.69) is 26.5 Å². The standard InChI is InChI=1S/C10H10BrFN2O2/c11-6-2-1-5-8(3-7(6)12)13-14-9(5)4-10(15)16/h2-3,5,8,13H,1,4H2,(H,15,16). The molecular weight excluding hydrogens is 279 g/mol. The van der Waals surface area contributed by atoms with Crippen molar-refractivity contribution < 1.29 is 14.3 Å². The highest BCUT2D eigenvalue weighted by molar-refractivity contribution is 9.11. The van der Waals surface area contributed by atoms with Crippen molar-refractivity contribution in [2.45, 2.75) is 18.9 Å². The molecule has 0 aromatic heterocycles. The summed E-state index contributed by atoms with van der Waals surface area (Å²) in [6, 6.07) is -0.249. The maximum atomic E-state index is 13.4. The summed E-state index contributed by atoms with van der Waals surface area (Å²) in [5.41, 5.74) is 3.33. The summed E-state index contributed by atoms with van der Waals surface area (Å²) in [6.07, 6.45) is 3.61. The van der Waals surface area contributed by atoms with Crippen LogP contribution in [-0.4, -0.2) is 22.8 Å². The molecule has 6 heteroatoms. The second-order valence-electron chi connectivity index (χ2n) is 3.74. The monoisotopic (exact) mass is 288 g/mol. The van der Waals surface area contributed by atoms with Gasteiger partial charge in [-0.25, -0.2) is 4.39 Å². The topological polar surface area (TPSA) is 61.7 Å². The molecule has 0 saturated carbocycles. The number of hydrogen-bond donors (Lipinski definition) is 2. The minimum atomic E-state index is -0.919. The number of carboxylic acid groups (broad SMARTS) is 1. The van der Waals surface area contributed by atoms with Crippen LogP contribution in [-0.2, 0) is 4.79 Å². The van der Waals surface area contributed by atoms with Gasteiger partial charge in [-0.3, -0.25) is 4.79 Å². The average molecular weight is 289 g/mol. The number of aliphatic carboxylic acids is 1. The van der Waals surface area contributed by atoms with Crippen LogP contribution in [0.15, 0.2) is 27.6 Å². The molecule has 1 aliphatic heterocycles. The van der Waals surface area contributed by atoms with E-state index in [1.165, 1.54) is 6.08 Å². The molecule has 16 heavy (non-hydrogen) atoms. The molecule has 86 valence electrons. The molecule has 2 unspecified atom stereocenters. The van der Waals surface area contributed by atoms with E-state index in [4.69, 9.17) is 5.11 Å². The van der Waals surface area contributed by atoms with Crippen LogP contribution in [0.5, 0.6) is 0 Å². The lowest BCUT2D eigenvalue weighted by molar-refractivity contribution is -0.135. The first-order valence-electron chi connectivity index (χ1n) is 4.85. The van der Waals surface area contributed by atoms with E-state index in [-0.39, 0.29) is 24.2 Å². The first-order chi connectivity index (χ1) is 7.58. The van der Waals surface area contributed by atoms with Crippen molar-refractivity contribution >= 4 is 27.6 Å². The van der Waals surface area contributed by atoms with Crippen molar-refractivity contribution in [2.75, 3.05) is 0 Å². The lowest BCUT2D eigenvalue weighted by atomic mass is 9.92. The molecule has 2 atom stereocenters. The first kappa shape index (κ1) is 11.3. The van der Waals surface area contributed by atoms with E-state index in [1.807, 2.05) is 0 Å². The van der Waals surface area contributed by atoms with Crippen molar-refractivity contribution in [1.82, 2.24) is 5.43 Å². The van der Waals surface area contributed by atoms with Crippen LogP contribution in [0.1, 0.15) is 12.8 Å². The van der Waals surface area contributed by atoms with Gasteiger partial charge in [0.05, 0.1) is 18.2 Å². The summed E-state index contributed by atoms with van der Waals surface area (Å²) >= 11 is 3.12. The van der Waals surface area contributed by atoms with Crippen LogP contribution >= 0.6 is 15.9 Å². The highest BCUT2D eigenvalue weighted by atomic mass is 79.9. The quantitative estimate of drug-likeness (QED) is 0.816. The van der Waals surface area contributed by atoms with Gasteiger partial charge in [-0.05, 0) is 28.4 Å². The van der Waals surface area contributed by atoms with Crippen LogP contribution in [0.4, 0.5) is 4.39 Å². The average Bonchev–Trinajstić information content (AvgIpc) is 2.49. The van der Waals surface area contributed by atoms with Crippen molar-refractivity contribution in [1.29, 1.82) is 0 Å². The molecule has 4 nitrogen and oxygen atoms in total. The Hall–Kier alpha value is -1.17. The van der Waals surface area contributed by atoms with E-state index in [0.717, 1.165) is 0 Å². The van der Waals surface area contributed by atoms with E-state index < -0.39 is 5.97 Å². The van der Waals surface area contributed by atoms with Gasteiger partial charge in [-0.1, -0.05) is 6.08 Å². The molecule has 2 aliphatic rings. The van der Waals surface area contributed by atoms with Crippen LogP contribution in [0.3, 0.4) is 0 Å². The molecular formula is C10H10BrFN2O2. The smallest absolute Gasteiger partial charge is 0.309 e. The van der Waals surface area contributed by atoms with E-state index in [1.54, 1.807) is 6.08 Å². The van der Waals surface area contributed by atoms with Gasteiger partial charge in [-0.15, -0.1) is 0 Å². The van der Waals surface area contributed by atoms with Crippen molar-refractivity contribution in [3.63, 3.8) is 0 Å². The maximum Gasteiger partial charge on any atom is 0.309 e. The van der Waals surface area contributed by atoms with Gasteiger partial charge >= 0.3 is 5.97 Å². The van der Waals surface area contributed by atoms with Crippen molar-refractivity contribution in [2.24, 2.45) is 11.0 Å². The van der Waals surface area contributed by atoms with Crippen LogP contribution < -0.4 is 5.43 Å². The lowest BCUT2D eigenvalue weighted by Crippen LogP contribution is -2.27. The van der Waals surface area contributed by atoms with Crippen molar-refractivity contribution in [3.8, 4) is 0 Å². The number of hydrogen-bond acceptors (Lipinski definition) is 3. The zero-order chi connectivity index (χ0) is 11.7. The number of fused-ring (bicyclic) bond motifs is 1. The SMILES string of the molecule is O=C(O)CC1=NNC2C=C(F)C(Br)=CCC12. The molecule has 0 amide bonds. The Morgan fingerprint density at radius 1 is 1.75 bits per heavy atom. The van der Waals surface area contributed by atoms with Crippen LogP contribution in [0, 0.1) is 5.92 Å². The van der Waals surface area contributed by atoms with Crippen LogP contribution in [0.2, 0.25) is 0 Å². The molecule has 2 rings (SSSR count). The molecule has 2 N–H and O–H groups in total. The first-order valence-corrected chi connectivity index (χ1v) is 5.64. The van der Waals surface area contributed by atoms with Gasteiger partial charge < -0.3 is 10.5 Å². The Kier molecular flexibility index (Phi) is 3.09. The number of halogens is 2. The van der Waals surface area contributed by atoms with Gasteiger partial charge in [-0.2, -0.15) is 5.10 Å². The number of hydrazone groups is 1. The largest absolute Gasteiger partial charge is 0.481 e. The molecule has 0 aromatic carbocycles. The maximum absolute atomic E-state index is 13.4. The minimum absolute atomic E-state index is 0.0723. The number of carbonyl (C=O) groups is 1. The predicted octanol–water partition coefficient (Wildman–Crippen LogP) is 1.94. The van der Waals surface area contributed by atoms with Crippen molar-refractivity contribution in [3.05, 3.63) is 22.5 Å². The van der Waals surface area contributed by atoms with Gasteiger partial charge in [0.15, 0.2) is 0 Å². The number of allylic oxidation sites excluding steroid dienone is 3. The van der Waals surface area contributed by atoms with E-state index in [9.17, 15) is 9.18 Å². The van der Waals surface area contributed by atoms with E-state index >= 15 is 0 Å². The van der Waals surface area contributed by atoms with Gasteiger partial charge in [0.2, 0.25) is 0 Å².